The molecule has 4 heteroatoms. The van der Waals surface area contributed by atoms with Gasteiger partial charge in [-0.2, -0.15) is 0 Å². The van der Waals surface area contributed by atoms with Gasteiger partial charge in [-0.15, -0.1) is 0 Å². The van der Waals surface area contributed by atoms with Gasteiger partial charge in [0.15, 0.2) is 0 Å². The number of hydrogen-bond acceptors (Lipinski definition) is 3. The molecule has 0 saturated heterocycles. The molecule has 0 aliphatic heterocycles. The quantitative estimate of drug-likeness (QED) is 0.806. The molecule has 0 saturated carbocycles. The van der Waals surface area contributed by atoms with E-state index in [4.69, 9.17) is 11.6 Å². The van der Waals surface area contributed by atoms with Crippen LogP contribution in [0, 0.1) is 5.92 Å². The summed E-state index contributed by atoms with van der Waals surface area (Å²) in [6, 6.07) is 3.59. The number of halogens is 1. The minimum atomic E-state index is -0.326. The lowest BCUT2D eigenvalue weighted by molar-refractivity contribution is 0.114. The van der Waals surface area contributed by atoms with E-state index in [0.29, 0.717) is 17.5 Å². The van der Waals surface area contributed by atoms with E-state index < -0.39 is 0 Å². The topological polar surface area (TPSA) is 45.1 Å². The molecule has 16 heavy (non-hydrogen) atoms. The van der Waals surface area contributed by atoms with Crippen molar-refractivity contribution in [2.45, 2.75) is 32.8 Å². The Labute approximate surface area is 102 Å². The molecule has 0 aliphatic carbocycles. The predicted molar refractivity (Wildman–Crippen MR) is 67.8 cm³/mol. The summed E-state index contributed by atoms with van der Waals surface area (Å²) < 4.78 is 0. The molecular weight excluding hydrogens is 224 g/mol. The van der Waals surface area contributed by atoms with E-state index in [1.54, 1.807) is 12.3 Å². The third kappa shape index (κ3) is 3.99. The highest BCUT2D eigenvalue weighted by molar-refractivity contribution is 6.30. The summed E-state index contributed by atoms with van der Waals surface area (Å²) in [7, 11) is 0. The van der Waals surface area contributed by atoms with Gasteiger partial charge in [0.1, 0.15) is 5.82 Å². The van der Waals surface area contributed by atoms with E-state index in [0.717, 1.165) is 18.7 Å². The van der Waals surface area contributed by atoms with Gasteiger partial charge in [-0.1, -0.05) is 38.3 Å². The van der Waals surface area contributed by atoms with E-state index in [1.807, 2.05) is 6.07 Å². The first-order valence-corrected chi connectivity index (χ1v) is 6.08. The van der Waals surface area contributed by atoms with Gasteiger partial charge in [0, 0.05) is 12.7 Å². The van der Waals surface area contributed by atoms with Crippen LogP contribution in [0.5, 0.6) is 0 Å². The molecule has 0 fully saturated rings. The van der Waals surface area contributed by atoms with E-state index in [1.165, 1.54) is 0 Å². The van der Waals surface area contributed by atoms with E-state index >= 15 is 0 Å². The molecule has 1 aromatic rings. The Bertz CT molecular complexity index is 298. The molecule has 1 atom stereocenters. The molecule has 1 aromatic heterocycles. The average molecular weight is 243 g/mol. The van der Waals surface area contributed by atoms with E-state index in [9.17, 15) is 5.11 Å². The number of nitrogens with zero attached hydrogens (tertiary/aromatic N) is 1. The number of anilines is 1. The highest BCUT2D eigenvalue weighted by Crippen LogP contribution is 2.14. The number of aromatic nitrogens is 1. The molecule has 1 heterocycles. The van der Waals surface area contributed by atoms with Crippen molar-refractivity contribution in [1.82, 2.24) is 4.98 Å². The van der Waals surface area contributed by atoms with Crippen LogP contribution in [0.4, 0.5) is 5.82 Å². The first-order chi connectivity index (χ1) is 7.67. The van der Waals surface area contributed by atoms with Gasteiger partial charge in [0.25, 0.3) is 0 Å². The number of hydrogen-bond donors (Lipinski definition) is 2. The molecule has 0 spiro atoms. The Morgan fingerprint density at radius 2 is 2.06 bits per heavy atom. The van der Waals surface area contributed by atoms with Crippen molar-refractivity contribution in [3.63, 3.8) is 0 Å². The van der Waals surface area contributed by atoms with Crippen LogP contribution in [0.3, 0.4) is 0 Å². The van der Waals surface area contributed by atoms with Crippen molar-refractivity contribution in [3.8, 4) is 0 Å². The fourth-order valence-electron chi connectivity index (χ4n) is 1.69. The SMILES string of the molecule is CCC(CC)C(O)CNc1ccc(Cl)cn1. The third-order valence-corrected chi connectivity index (χ3v) is 3.04. The van der Waals surface area contributed by atoms with Crippen LogP contribution in [0.15, 0.2) is 18.3 Å². The summed E-state index contributed by atoms with van der Waals surface area (Å²) in [5, 5.41) is 13.6. The van der Waals surface area contributed by atoms with Crippen LogP contribution >= 0.6 is 11.6 Å². The zero-order valence-corrected chi connectivity index (χ0v) is 10.5. The summed E-state index contributed by atoms with van der Waals surface area (Å²) in [5.74, 6) is 1.09. The van der Waals surface area contributed by atoms with Crippen LogP contribution < -0.4 is 5.32 Å². The Balaban J connectivity index is 2.42. The maximum absolute atomic E-state index is 9.91. The largest absolute Gasteiger partial charge is 0.391 e. The molecule has 0 aromatic carbocycles. The summed E-state index contributed by atoms with van der Waals surface area (Å²) in [6.45, 7) is 4.72. The first kappa shape index (κ1) is 13.3. The molecule has 2 N–H and O–H groups in total. The lowest BCUT2D eigenvalue weighted by Crippen LogP contribution is -2.27. The second kappa shape index (κ2) is 6.71. The normalized spacial score (nSPS) is 12.8. The van der Waals surface area contributed by atoms with Gasteiger partial charge in [0.05, 0.1) is 11.1 Å². The van der Waals surface area contributed by atoms with Gasteiger partial charge in [0.2, 0.25) is 0 Å². The lowest BCUT2D eigenvalue weighted by atomic mass is 9.97. The standard InChI is InChI=1S/C12H19ClN2O/c1-3-9(4-2)11(16)8-15-12-6-5-10(13)7-14-12/h5-7,9,11,16H,3-4,8H2,1-2H3,(H,14,15). The molecule has 90 valence electrons. The average Bonchev–Trinajstić information content (AvgIpc) is 2.30. The summed E-state index contributed by atoms with van der Waals surface area (Å²) in [5.41, 5.74) is 0. The van der Waals surface area contributed by atoms with E-state index in [2.05, 4.69) is 24.1 Å². The second-order valence-electron chi connectivity index (χ2n) is 3.89. The predicted octanol–water partition coefficient (Wildman–Crippen LogP) is 2.94. The molecule has 0 amide bonds. The van der Waals surface area contributed by atoms with Crippen LogP contribution in [-0.2, 0) is 0 Å². The molecular formula is C12H19ClN2O. The van der Waals surface area contributed by atoms with Gasteiger partial charge >= 0.3 is 0 Å². The summed E-state index contributed by atoms with van der Waals surface area (Å²) >= 11 is 5.73. The highest BCUT2D eigenvalue weighted by Gasteiger charge is 2.14. The second-order valence-corrected chi connectivity index (χ2v) is 4.32. The number of pyridine rings is 1. The molecule has 0 bridgehead atoms. The van der Waals surface area contributed by atoms with Gasteiger partial charge in [-0.25, -0.2) is 4.98 Å². The van der Waals surface area contributed by atoms with Crippen molar-refractivity contribution >= 4 is 17.4 Å². The van der Waals surface area contributed by atoms with Crippen molar-refractivity contribution in [1.29, 1.82) is 0 Å². The first-order valence-electron chi connectivity index (χ1n) is 5.70. The molecule has 3 nitrogen and oxygen atoms in total. The number of aliphatic hydroxyl groups is 1. The van der Waals surface area contributed by atoms with Crippen molar-refractivity contribution in [2.75, 3.05) is 11.9 Å². The third-order valence-electron chi connectivity index (χ3n) is 2.81. The van der Waals surface area contributed by atoms with Gasteiger partial charge in [-0.3, -0.25) is 0 Å². The van der Waals surface area contributed by atoms with Crippen LogP contribution in [-0.4, -0.2) is 22.7 Å². The Morgan fingerprint density at radius 3 is 2.56 bits per heavy atom. The molecule has 0 radical (unpaired) electrons. The van der Waals surface area contributed by atoms with Crippen LogP contribution in [0.25, 0.3) is 0 Å². The fraction of sp³-hybridized carbons (Fsp3) is 0.583. The zero-order valence-electron chi connectivity index (χ0n) is 9.78. The summed E-state index contributed by atoms with van der Waals surface area (Å²) in [6.07, 6.45) is 3.25. The van der Waals surface area contributed by atoms with Crippen molar-refractivity contribution in [2.24, 2.45) is 5.92 Å². The Hall–Kier alpha value is -0.800. The molecule has 1 rings (SSSR count). The molecule has 0 aliphatic rings. The number of aliphatic hydroxyl groups excluding tert-OH is 1. The van der Waals surface area contributed by atoms with Crippen molar-refractivity contribution in [3.05, 3.63) is 23.4 Å². The number of rotatable bonds is 6. The minimum absolute atomic E-state index is 0.326. The fourth-order valence-corrected chi connectivity index (χ4v) is 1.80. The smallest absolute Gasteiger partial charge is 0.126 e. The maximum Gasteiger partial charge on any atom is 0.126 e. The number of nitrogens with one attached hydrogen (secondary N) is 1. The van der Waals surface area contributed by atoms with Gasteiger partial charge < -0.3 is 10.4 Å². The zero-order chi connectivity index (χ0) is 12.0. The van der Waals surface area contributed by atoms with E-state index in [-0.39, 0.29) is 6.10 Å². The minimum Gasteiger partial charge on any atom is -0.391 e. The van der Waals surface area contributed by atoms with Crippen molar-refractivity contribution < 1.29 is 5.11 Å². The Kier molecular flexibility index (Phi) is 5.56. The van der Waals surface area contributed by atoms with Gasteiger partial charge in [-0.05, 0) is 18.1 Å². The highest BCUT2D eigenvalue weighted by atomic mass is 35.5. The maximum atomic E-state index is 9.91. The summed E-state index contributed by atoms with van der Waals surface area (Å²) in [4.78, 5) is 4.11. The van der Waals surface area contributed by atoms with Crippen LogP contribution in [0.1, 0.15) is 26.7 Å². The lowest BCUT2D eigenvalue weighted by Gasteiger charge is -2.20. The monoisotopic (exact) mass is 242 g/mol. The Morgan fingerprint density at radius 1 is 1.38 bits per heavy atom. The molecule has 1 unspecified atom stereocenters. The van der Waals surface area contributed by atoms with Crippen LogP contribution in [0.2, 0.25) is 5.02 Å².